The van der Waals surface area contributed by atoms with Gasteiger partial charge in [-0.3, -0.25) is 0 Å². The molecule has 0 saturated carbocycles. The smallest absolute Gasteiger partial charge is 0.171 e. The van der Waals surface area contributed by atoms with Crippen LogP contribution < -0.4 is 10.6 Å². The summed E-state index contributed by atoms with van der Waals surface area (Å²) in [5.41, 5.74) is 3.37. The summed E-state index contributed by atoms with van der Waals surface area (Å²) in [7, 11) is 0. The molecular weight excluding hydrogens is 359 g/mol. The number of hydrogen-bond donors (Lipinski definition) is 2. The Morgan fingerprint density at radius 3 is 2.21 bits per heavy atom. The van der Waals surface area contributed by atoms with E-state index in [1.54, 1.807) is 18.2 Å². The maximum atomic E-state index is 6.15. The molecule has 0 aliphatic heterocycles. The zero-order valence-corrected chi connectivity index (χ0v) is 16.6. The second-order valence-electron chi connectivity index (χ2n) is 6.82. The molecule has 2 nitrogen and oxygen atoms in total. The molecule has 0 amide bonds. The number of hydrogen-bond acceptors (Lipinski definition) is 1. The molecule has 0 bridgehead atoms. The van der Waals surface area contributed by atoms with Crippen LogP contribution in [0.2, 0.25) is 10.0 Å². The Bertz CT molecular complexity index is 721. The van der Waals surface area contributed by atoms with Crippen molar-refractivity contribution in [2.24, 2.45) is 0 Å². The van der Waals surface area contributed by atoms with Crippen LogP contribution in [0.4, 0.5) is 5.69 Å². The fraction of sp³-hybridized carbons (Fsp3) is 0.316. The lowest BCUT2D eigenvalue weighted by Crippen LogP contribution is -2.31. The van der Waals surface area contributed by atoms with E-state index >= 15 is 0 Å². The summed E-state index contributed by atoms with van der Waals surface area (Å²) >= 11 is 17.4. The number of anilines is 1. The predicted molar refractivity (Wildman–Crippen MR) is 109 cm³/mol. The highest BCUT2D eigenvalue weighted by Gasteiger charge is 2.14. The average molecular weight is 381 g/mol. The van der Waals surface area contributed by atoms with Crippen molar-refractivity contribution in [3.8, 4) is 0 Å². The molecule has 2 N–H and O–H groups in total. The molecule has 2 aromatic carbocycles. The van der Waals surface area contributed by atoms with Gasteiger partial charge in [-0.25, -0.2) is 0 Å². The highest BCUT2D eigenvalue weighted by atomic mass is 35.5. The highest BCUT2D eigenvalue weighted by Crippen LogP contribution is 2.26. The van der Waals surface area contributed by atoms with E-state index < -0.39 is 0 Å². The van der Waals surface area contributed by atoms with Crippen molar-refractivity contribution in [1.82, 2.24) is 5.32 Å². The molecular formula is C19H22Cl2N2S. The zero-order valence-electron chi connectivity index (χ0n) is 14.3. The van der Waals surface area contributed by atoms with Gasteiger partial charge in [0.2, 0.25) is 0 Å². The first-order valence-electron chi connectivity index (χ1n) is 7.80. The molecule has 0 fully saturated rings. The van der Waals surface area contributed by atoms with Gasteiger partial charge in [-0.15, -0.1) is 0 Å². The summed E-state index contributed by atoms with van der Waals surface area (Å²) in [4.78, 5) is 0. The summed E-state index contributed by atoms with van der Waals surface area (Å²) < 4.78 is 0. The second kappa shape index (κ2) is 7.73. The molecule has 5 heteroatoms. The monoisotopic (exact) mass is 380 g/mol. The standard InChI is InChI=1S/C19H22Cl2N2S/c1-12(13-5-7-14(8-6-13)19(2,3)4)22-18(24)23-17-10-9-15(20)11-16(17)21/h5-12H,1-4H3,(H2,22,23,24). The average Bonchev–Trinajstić information content (AvgIpc) is 2.49. The van der Waals surface area contributed by atoms with Gasteiger partial charge in [0.1, 0.15) is 0 Å². The first-order chi connectivity index (χ1) is 11.2. The van der Waals surface area contributed by atoms with E-state index in [0.29, 0.717) is 15.2 Å². The molecule has 128 valence electrons. The van der Waals surface area contributed by atoms with E-state index in [4.69, 9.17) is 35.4 Å². The van der Waals surface area contributed by atoms with Gasteiger partial charge in [-0.2, -0.15) is 0 Å². The van der Waals surface area contributed by atoms with Crippen molar-refractivity contribution in [1.29, 1.82) is 0 Å². The lowest BCUT2D eigenvalue weighted by Gasteiger charge is -2.21. The largest absolute Gasteiger partial charge is 0.356 e. The molecule has 0 spiro atoms. The Kier molecular flexibility index (Phi) is 6.13. The van der Waals surface area contributed by atoms with E-state index in [0.717, 1.165) is 5.69 Å². The van der Waals surface area contributed by atoms with Gasteiger partial charge in [0, 0.05) is 5.02 Å². The summed E-state index contributed by atoms with van der Waals surface area (Å²) in [5, 5.41) is 8.03. The Morgan fingerprint density at radius 1 is 1.04 bits per heavy atom. The number of halogens is 2. The molecule has 1 atom stereocenters. The first-order valence-corrected chi connectivity index (χ1v) is 8.96. The van der Waals surface area contributed by atoms with Crippen molar-refractivity contribution in [2.75, 3.05) is 5.32 Å². The predicted octanol–water partition coefficient (Wildman–Crippen LogP) is 6.34. The normalized spacial score (nSPS) is 12.6. The number of benzene rings is 2. The maximum absolute atomic E-state index is 6.15. The van der Waals surface area contributed by atoms with Gasteiger partial charge < -0.3 is 10.6 Å². The van der Waals surface area contributed by atoms with Gasteiger partial charge in [0.25, 0.3) is 0 Å². The molecule has 0 heterocycles. The van der Waals surface area contributed by atoms with Crippen molar-refractivity contribution in [3.63, 3.8) is 0 Å². The SMILES string of the molecule is CC(NC(=S)Nc1ccc(Cl)cc1Cl)c1ccc(C(C)(C)C)cc1. The van der Waals surface area contributed by atoms with Crippen LogP contribution in [-0.2, 0) is 5.41 Å². The minimum Gasteiger partial charge on any atom is -0.356 e. The van der Waals surface area contributed by atoms with Crippen LogP contribution in [0.1, 0.15) is 44.9 Å². The Balaban J connectivity index is 2.01. The Labute approximate surface area is 159 Å². The third-order valence-electron chi connectivity index (χ3n) is 3.80. The molecule has 2 rings (SSSR count). The van der Waals surface area contributed by atoms with E-state index in [-0.39, 0.29) is 11.5 Å². The molecule has 0 aliphatic rings. The molecule has 0 aliphatic carbocycles. The van der Waals surface area contributed by atoms with E-state index in [2.05, 4.69) is 62.6 Å². The topological polar surface area (TPSA) is 24.1 Å². The van der Waals surface area contributed by atoms with Crippen molar-refractivity contribution in [2.45, 2.75) is 39.2 Å². The van der Waals surface area contributed by atoms with Crippen LogP contribution in [0.3, 0.4) is 0 Å². The molecule has 24 heavy (non-hydrogen) atoms. The fourth-order valence-corrected chi connectivity index (χ4v) is 3.04. The summed E-state index contributed by atoms with van der Waals surface area (Å²) in [6.45, 7) is 8.69. The minimum absolute atomic E-state index is 0.0881. The quantitative estimate of drug-likeness (QED) is 0.607. The van der Waals surface area contributed by atoms with Gasteiger partial charge in [-0.05, 0) is 53.9 Å². The minimum atomic E-state index is 0.0881. The van der Waals surface area contributed by atoms with Crippen LogP contribution >= 0.6 is 35.4 Å². The highest BCUT2D eigenvalue weighted by molar-refractivity contribution is 7.80. The molecule has 0 saturated heterocycles. The van der Waals surface area contributed by atoms with Gasteiger partial charge in [0.05, 0.1) is 16.8 Å². The van der Waals surface area contributed by atoms with Crippen molar-refractivity contribution < 1.29 is 0 Å². The van der Waals surface area contributed by atoms with Gasteiger partial charge >= 0.3 is 0 Å². The van der Waals surface area contributed by atoms with Crippen LogP contribution in [0.25, 0.3) is 0 Å². The summed E-state index contributed by atoms with van der Waals surface area (Å²) in [5.74, 6) is 0. The van der Waals surface area contributed by atoms with Crippen LogP contribution in [-0.4, -0.2) is 5.11 Å². The molecule has 0 aromatic heterocycles. The molecule has 2 aromatic rings. The second-order valence-corrected chi connectivity index (χ2v) is 8.07. The third kappa shape index (κ3) is 5.10. The molecule has 0 radical (unpaired) electrons. The number of rotatable bonds is 3. The number of thiocarbonyl (C=S) groups is 1. The van der Waals surface area contributed by atoms with Gasteiger partial charge in [-0.1, -0.05) is 68.2 Å². The van der Waals surface area contributed by atoms with E-state index in [1.807, 2.05) is 0 Å². The van der Waals surface area contributed by atoms with Crippen molar-refractivity contribution in [3.05, 3.63) is 63.6 Å². The van der Waals surface area contributed by atoms with Gasteiger partial charge in [0.15, 0.2) is 5.11 Å². The Morgan fingerprint density at radius 2 is 1.67 bits per heavy atom. The molecule has 1 unspecified atom stereocenters. The maximum Gasteiger partial charge on any atom is 0.171 e. The van der Waals surface area contributed by atoms with Crippen LogP contribution in [0.15, 0.2) is 42.5 Å². The number of nitrogens with one attached hydrogen (secondary N) is 2. The fourth-order valence-electron chi connectivity index (χ4n) is 2.30. The summed E-state index contributed by atoms with van der Waals surface area (Å²) in [6, 6.07) is 14.0. The lowest BCUT2D eigenvalue weighted by molar-refractivity contribution is 0.589. The summed E-state index contributed by atoms with van der Waals surface area (Å²) in [6.07, 6.45) is 0. The third-order valence-corrected chi connectivity index (χ3v) is 4.57. The lowest BCUT2D eigenvalue weighted by atomic mass is 9.86. The van der Waals surface area contributed by atoms with Crippen LogP contribution in [0.5, 0.6) is 0 Å². The van der Waals surface area contributed by atoms with Crippen molar-refractivity contribution >= 4 is 46.2 Å². The van der Waals surface area contributed by atoms with E-state index in [9.17, 15) is 0 Å². The zero-order chi connectivity index (χ0) is 17.9. The Hall–Kier alpha value is -1.29. The first kappa shape index (κ1) is 19.0. The van der Waals surface area contributed by atoms with Crippen LogP contribution in [0, 0.1) is 0 Å². The van der Waals surface area contributed by atoms with E-state index in [1.165, 1.54) is 11.1 Å².